The maximum atomic E-state index is 13.1. The maximum Gasteiger partial charge on any atom is 0.261 e. The van der Waals surface area contributed by atoms with Crippen LogP contribution in [0.3, 0.4) is 0 Å². The Labute approximate surface area is 198 Å². The van der Waals surface area contributed by atoms with E-state index in [1.54, 1.807) is 42.5 Å². The van der Waals surface area contributed by atoms with Gasteiger partial charge >= 0.3 is 0 Å². The number of hydrogen-bond donors (Lipinski definition) is 1. The molecule has 0 saturated carbocycles. The molecule has 1 aliphatic rings. The first-order chi connectivity index (χ1) is 15.8. The zero-order valence-corrected chi connectivity index (χ0v) is 19.9. The number of rotatable bonds is 7. The molecule has 0 aliphatic carbocycles. The number of carbonyl (C=O) groups excluding carboxylic acids is 2. The minimum absolute atomic E-state index is 0.128. The number of para-hydroxylation sites is 1. The van der Waals surface area contributed by atoms with Gasteiger partial charge in [-0.2, -0.15) is 0 Å². The Morgan fingerprint density at radius 2 is 1.67 bits per heavy atom. The molecule has 33 heavy (non-hydrogen) atoms. The standard InChI is InChI=1S/C25H24N2O4S2/c1-3-18-9-7-8-17(2)24(18)27-23(28)16-22(25(27)29)32-20-14-12-19(13-15-20)26-33(30,31)21-10-5-4-6-11-21/h4-15,22,26H,3,16H2,1-2H3/t22-/m1/s1. The molecule has 1 heterocycles. The Balaban J connectivity index is 1.48. The highest BCUT2D eigenvalue weighted by Crippen LogP contribution is 2.37. The van der Waals surface area contributed by atoms with Crippen LogP contribution in [0, 0.1) is 6.92 Å². The number of benzene rings is 3. The summed E-state index contributed by atoms with van der Waals surface area (Å²) >= 11 is 1.31. The fourth-order valence-corrected chi connectivity index (χ4v) is 5.97. The highest BCUT2D eigenvalue weighted by atomic mass is 32.2. The van der Waals surface area contributed by atoms with Crippen molar-refractivity contribution >= 4 is 45.0 Å². The van der Waals surface area contributed by atoms with Crippen LogP contribution in [0.1, 0.15) is 24.5 Å². The molecule has 1 atom stereocenters. The van der Waals surface area contributed by atoms with Crippen molar-refractivity contribution in [3.05, 3.63) is 83.9 Å². The fourth-order valence-electron chi connectivity index (χ4n) is 3.84. The van der Waals surface area contributed by atoms with Crippen LogP contribution in [0.15, 0.2) is 82.6 Å². The summed E-state index contributed by atoms with van der Waals surface area (Å²) in [7, 11) is -3.68. The van der Waals surface area contributed by atoms with E-state index in [2.05, 4.69) is 4.72 Å². The van der Waals surface area contributed by atoms with Crippen molar-refractivity contribution in [1.29, 1.82) is 0 Å². The van der Waals surface area contributed by atoms with E-state index in [9.17, 15) is 18.0 Å². The Morgan fingerprint density at radius 1 is 0.970 bits per heavy atom. The number of nitrogens with one attached hydrogen (secondary N) is 1. The number of thioether (sulfide) groups is 1. The zero-order chi connectivity index (χ0) is 23.6. The molecule has 1 saturated heterocycles. The van der Waals surface area contributed by atoms with E-state index in [0.717, 1.165) is 22.4 Å². The lowest BCUT2D eigenvalue weighted by atomic mass is 10.0. The molecule has 0 radical (unpaired) electrons. The summed E-state index contributed by atoms with van der Waals surface area (Å²) in [6.07, 6.45) is 0.857. The molecule has 8 heteroatoms. The second-order valence-electron chi connectivity index (χ2n) is 7.76. The highest BCUT2D eigenvalue weighted by molar-refractivity contribution is 8.00. The number of hydrogen-bond acceptors (Lipinski definition) is 5. The van der Waals surface area contributed by atoms with E-state index in [4.69, 9.17) is 0 Å². The summed E-state index contributed by atoms with van der Waals surface area (Å²) in [6, 6.07) is 20.7. The molecular formula is C25H24N2O4S2. The van der Waals surface area contributed by atoms with Gasteiger partial charge < -0.3 is 0 Å². The number of anilines is 2. The maximum absolute atomic E-state index is 13.1. The third kappa shape index (κ3) is 4.82. The number of amides is 2. The number of carbonyl (C=O) groups is 2. The van der Waals surface area contributed by atoms with Gasteiger partial charge in [-0.15, -0.1) is 11.8 Å². The van der Waals surface area contributed by atoms with Gasteiger partial charge in [-0.05, 0) is 60.9 Å². The summed E-state index contributed by atoms with van der Waals surface area (Å²) in [5.74, 6) is -0.420. The summed E-state index contributed by atoms with van der Waals surface area (Å²) in [5, 5.41) is -0.520. The van der Waals surface area contributed by atoms with Crippen LogP contribution in [-0.2, 0) is 26.0 Å². The molecule has 3 aromatic carbocycles. The average Bonchev–Trinajstić information content (AvgIpc) is 3.08. The van der Waals surface area contributed by atoms with Crippen molar-refractivity contribution in [2.45, 2.75) is 41.7 Å². The van der Waals surface area contributed by atoms with Crippen LogP contribution >= 0.6 is 11.8 Å². The van der Waals surface area contributed by atoms with Crippen molar-refractivity contribution in [3.8, 4) is 0 Å². The van der Waals surface area contributed by atoms with Gasteiger partial charge in [0.25, 0.3) is 10.0 Å². The van der Waals surface area contributed by atoms with Gasteiger partial charge in [0.1, 0.15) is 0 Å². The SMILES string of the molecule is CCc1cccc(C)c1N1C(=O)C[C@@H](Sc2ccc(NS(=O)(=O)c3ccccc3)cc2)C1=O. The average molecular weight is 481 g/mol. The van der Waals surface area contributed by atoms with E-state index >= 15 is 0 Å². The van der Waals surface area contributed by atoms with Crippen LogP contribution in [0.2, 0.25) is 0 Å². The molecule has 0 bridgehead atoms. The summed E-state index contributed by atoms with van der Waals surface area (Å²) in [6.45, 7) is 3.91. The first kappa shape index (κ1) is 23.1. The van der Waals surface area contributed by atoms with E-state index < -0.39 is 15.3 Å². The topological polar surface area (TPSA) is 83.6 Å². The van der Waals surface area contributed by atoms with Crippen LogP contribution in [0.4, 0.5) is 11.4 Å². The number of aryl methyl sites for hydroxylation is 2. The van der Waals surface area contributed by atoms with Crippen LogP contribution in [0.5, 0.6) is 0 Å². The quantitative estimate of drug-likeness (QED) is 0.492. The van der Waals surface area contributed by atoms with E-state index in [-0.39, 0.29) is 23.1 Å². The molecule has 4 rings (SSSR count). The van der Waals surface area contributed by atoms with Crippen molar-refractivity contribution in [2.75, 3.05) is 9.62 Å². The van der Waals surface area contributed by atoms with Crippen molar-refractivity contribution in [2.24, 2.45) is 0 Å². The molecule has 1 N–H and O–H groups in total. The first-order valence-corrected chi connectivity index (χ1v) is 13.0. The first-order valence-electron chi connectivity index (χ1n) is 10.6. The Kier molecular flexibility index (Phi) is 6.58. The predicted octanol–water partition coefficient (Wildman–Crippen LogP) is 4.78. The van der Waals surface area contributed by atoms with Gasteiger partial charge in [0.15, 0.2) is 0 Å². The number of sulfonamides is 1. The smallest absolute Gasteiger partial charge is 0.261 e. The molecule has 170 valence electrons. The Morgan fingerprint density at radius 3 is 2.33 bits per heavy atom. The Hall–Kier alpha value is -3.10. The van der Waals surface area contributed by atoms with Crippen LogP contribution in [0.25, 0.3) is 0 Å². The minimum atomic E-state index is -3.68. The molecule has 1 aliphatic heterocycles. The second-order valence-corrected chi connectivity index (χ2v) is 10.7. The highest BCUT2D eigenvalue weighted by Gasteiger charge is 2.41. The number of imide groups is 1. The summed E-state index contributed by atoms with van der Waals surface area (Å²) in [4.78, 5) is 28.2. The third-order valence-electron chi connectivity index (χ3n) is 5.47. The van der Waals surface area contributed by atoms with Gasteiger partial charge in [0.2, 0.25) is 11.8 Å². The van der Waals surface area contributed by atoms with Gasteiger partial charge in [-0.1, -0.05) is 43.3 Å². The van der Waals surface area contributed by atoms with E-state index in [0.29, 0.717) is 11.4 Å². The van der Waals surface area contributed by atoms with Crippen molar-refractivity contribution in [1.82, 2.24) is 0 Å². The Bertz CT molecular complexity index is 1290. The largest absolute Gasteiger partial charge is 0.280 e. The molecule has 0 unspecified atom stereocenters. The van der Waals surface area contributed by atoms with Crippen molar-refractivity contribution in [3.63, 3.8) is 0 Å². The third-order valence-corrected chi connectivity index (χ3v) is 8.06. The second kappa shape index (κ2) is 9.41. The molecule has 3 aromatic rings. The normalized spacial score (nSPS) is 16.3. The monoisotopic (exact) mass is 480 g/mol. The summed E-state index contributed by atoms with van der Waals surface area (Å²) in [5.41, 5.74) is 2.99. The molecule has 0 spiro atoms. The van der Waals surface area contributed by atoms with Gasteiger partial charge in [-0.3, -0.25) is 14.3 Å². The predicted molar refractivity (Wildman–Crippen MR) is 131 cm³/mol. The van der Waals surface area contributed by atoms with Gasteiger partial charge in [0, 0.05) is 17.0 Å². The molecular weight excluding hydrogens is 456 g/mol. The molecule has 1 fully saturated rings. The lowest BCUT2D eigenvalue weighted by Gasteiger charge is -2.20. The number of nitrogens with zero attached hydrogens (tertiary/aromatic N) is 1. The fraction of sp³-hybridized carbons (Fsp3) is 0.200. The van der Waals surface area contributed by atoms with Gasteiger partial charge in [-0.25, -0.2) is 13.3 Å². The van der Waals surface area contributed by atoms with Crippen LogP contribution < -0.4 is 9.62 Å². The lowest BCUT2D eigenvalue weighted by molar-refractivity contribution is -0.121. The molecule has 2 amide bonds. The zero-order valence-electron chi connectivity index (χ0n) is 18.3. The van der Waals surface area contributed by atoms with Crippen molar-refractivity contribution < 1.29 is 18.0 Å². The summed E-state index contributed by atoms with van der Waals surface area (Å²) < 4.78 is 27.5. The van der Waals surface area contributed by atoms with E-state index in [1.165, 1.54) is 28.8 Å². The molecule has 0 aromatic heterocycles. The minimum Gasteiger partial charge on any atom is -0.280 e. The van der Waals surface area contributed by atoms with E-state index in [1.807, 2.05) is 32.0 Å². The van der Waals surface area contributed by atoms with Crippen LogP contribution in [-0.4, -0.2) is 25.5 Å². The van der Waals surface area contributed by atoms with Gasteiger partial charge in [0.05, 0.1) is 15.8 Å². The molecule has 6 nitrogen and oxygen atoms in total. The lowest BCUT2D eigenvalue weighted by Crippen LogP contribution is -2.32.